The molecule has 1 heteroatoms. The summed E-state index contributed by atoms with van der Waals surface area (Å²) in [4.78, 5) is 0. The zero-order valence-corrected chi connectivity index (χ0v) is 8.08. The number of halogens is 1. The van der Waals surface area contributed by atoms with E-state index in [1.165, 1.54) is 5.57 Å². The lowest BCUT2D eigenvalue weighted by Crippen LogP contribution is -2.10. The van der Waals surface area contributed by atoms with Crippen LogP contribution in [0.2, 0.25) is 0 Å². The van der Waals surface area contributed by atoms with Crippen molar-refractivity contribution in [3.05, 3.63) is 11.6 Å². The second kappa shape index (κ2) is 4.53. The summed E-state index contributed by atoms with van der Waals surface area (Å²) in [6, 6.07) is 0. The lowest BCUT2D eigenvalue weighted by atomic mass is 10.0. The Balaban J connectivity index is 3.36. The van der Waals surface area contributed by atoms with E-state index in [4.69, 9.17) is 0 Å². The molecule has 0 aliphatic rings. The molecule has 0 rings (SSSR count). The minimum Gasteiger partial charge on any atom is -0.245 e. The smallest absolute Gasteiger partial charge is 0.105 e. The fraction of sp³-hybridized carbons (Fsp3) is 0.800. The molecule has 0 aromatic rings. The number of rotatable bonds is 4. The maximum absolute atomic E-state index is 12.9. The summed E-state index contributed by atoms with van der Waals surface area (Å²) in [6.45, 7) is 7.41. The first-order valence-electron chi connectivity index (χ1n) is 4.24. The third kappa shape index (κ3) is 9.67. The first-order valence-corrected chi connectivity index (χ1v) is 4.24. The summed E-state index contributed by atoms with van der Waals surface area (Å²) >= 11 is 0. The maximum Gasteiger partial charge on any atom is 0.105 e. The summed E-state index contributed by atoms with van der Waals surface area (Å²) in [5, 5.41) is 0. The summed E-state index contributed by atoms with van der Waals surface area (Å²) in [7, 11) is 0. The minimum absolute atomic E-state index is 0.663. The van der Waals surface area contributed by atoms with E-state index in [0.29, 0.717) is 6.42 Å². The molecule has 11 heavy (non-hydrogen) atoms. The van der Waals surface area contributed by atoms with Gasteiger partial charge in [-0.15, -0.1) is 0 Å². The van der Waals surface area contributed by atoms with E-state index in [2.05, 4.69) is 19.9 Å². The van der Waals surface area contributed by atoms with Crippen molar-refractivity contribution in [2.45, 2.75) is 52.6 Å². The summed E-state index contributed by atoms with van der Waals surface area (Å²) in [5.41, 5.74) is 0.330. The largest absolute Gasteiger partial charge is 0.245 e. The van der Waals surface area contributed by atoms with E-state index >= 15 is 0 Å². The molecule has 0 radical (unpaired) electrons. The molecule has 0 atom stereocenters. The highest BCUT2D eigenvalue weighted by Crippen LogP contribution is 2.17. The molecule has 0 saturated heterocycles. The normalized spacial score (nSPS) is 11.4. The van der Waals surface area contributed by atoms with Crippen LogP contribution in [0.4, 0.5) is 4.39 Å². The molecule has 0 unspecified atom stereocenters. The molecule has 0 bridgehead atoms. The zero-order valence-electron chi connectivity index (χ0n) is 8.08. The first-order chi connectivity index (χ1) is 4.92. The molecular formula is C10H19F. The summed E-state index contributed by atoms with van der Waals surface area (Å²) in [5.74, 6) is 0. The fourth-order valence-corrected chi connectivity index (χ4v) is 0.913. The Morgan fingerprint density at radius 1 is 1.36 bits per heavy atom. The zero-order chi connectivity index (χ0) is 8.91. The predicted octanol–water partition coefficient (Wildman–Crippen LogP) is 3.87. The average Bonchev–Trinajstić information content (AvgIpc) is 1.78. The lowest BCUT2D eigenvalue weighted by Gasteiger charge is -2.12. The second-order valence-corrected chi connectivity index (χ2v) is 3.89. The topological polar surface area (TPSA) is 0 Å². The van der Waals surface area contributed by atoms with Gasteiger partial charge in [0, 0.05) is 0 Å². The van der Waals surface area contributed by atoms with Crippen molar-refractivity contribution in [2.24, 2.45) is 0 Å². The van der Waals surface area contributed by atoms with Crippen LogP contribution in [0.3, 0.4) is 0 Å². The van der Waals surface area contributed by atoms with E-state index < -0.39 is 5.67 Å². The highest BCUT2D eigenvalue weighted by atomic mass is 19.1. The predicted molar refractivity (Wildman–Crippen MR) is 48.5 cm³/mol. The molecule has 0 nitrogen and oxygen atoms in total. The van der Waals surface area contributed by atoms with E-state index in [0.717, 1.165) is 12.8 Å². The van der Waals surface area contributed by atoms with Gasteiger partial charge in [-0.3, -0.25) is 0 Å². The van der Waals surface area contributed by atoms with Crippen molar-refractivity contribution in [2.75, 3.05) is 0 Å². The van der Waals surface area contributed by atoms with Crippen molar-refractivity contribution in [1.82, 2.24) is 0 Å². The molecule has 0 aromatic carbocycles. The van der Waals surface area contributed by atoms with Gasteiger partial charge in [-0.1, -0.05) is 11.6 Å². The van der Waals surface area contributed by atoms with Crippen molar-refractivity contribution in [1.29, 1.82) is 0 Å². The van der Waals surface area contributed by atoms with Crippen LogP contribution in [0, 0.1) is 0 Å². The molecule has 0 fully saturated rings. The Kier molecular flexibility index (Phi) is 4.39. The van der Waals surface area contributed by atoms with Crippen LogP contribution in [0.5, 0.6) is 0 Å². The van der Waals surface area contributed by atoms with Crippen molar-refractivity contribution in [3.63, 3.8) is 0 Å². The number of hydrogen-bond acceptors (Lipinski definition) is 0. The van der Waals surface area contributed by atoms with E-state index in [1.807, 2.05) is 0 Å². The van der Waals surface area contributed by atoms with Gasteiger partial charge in [-0.2, -0.15) is 0 Å². The van der Waals surface area contributed by atoms with Crippen molar-refractivity contribution in [3.8, 4) is 0 Å². The van der Waals surface area contributed by atoms with Crippen molar-refractivity contribution < 1.29 is 4.39 Å². The van der Waals surface area contributed by atoms with Gasteiger partial charge in [0.25, 0.3) is 0 Å². The Bertz CT molecular complexity index is 124. The molecule has 0 N–H and O–H groups in total. The standard InChI is InChI=1S/C10H19F/c1-9(2)7-5-6-8-10(3,4)11/h7H,5-6,8H2,1-4H3. The van der Waals surface area contributed by atoms with E-state index in [1.54, 1.807) is 13.8 Å². The van der Waals surface area contributed by atoms with Gasteiger partial charge in [-0.25, -0.2) is 4.39 Å². The van der Waals surface area contributed by atoms with Gasteiger partial charge in [0.05, 0.1) is 0 Å². The quantitative estimate of drug-likeness (QED) is 0.430. The van der Waals surface area contributed by atoms with Crippen LogP contribution < -0.4 is 0 Å². The van der Waals surface area contributed by atoms with E-state index in [-0.39, 0.29) is 0 Å². The van der Waals surface area contributed by atoms with Crippen LogP contribution in [0.15, 0.2) is 11.6 Å². The molecule has 0 aliphatic carbocycles. The third-order valence-corrected chi connectivity index (χ3v) is 1.53. The second-order valence-electron chi connectivity index (χ2n) is 3.89. The Morgan fingerprint density at radius 2 is 1.91 bits per heavy atom. The molecule has 0 aliphatic heterocycles. The maximum atomic E-state index is 12.9. The lowest BCUT2D eigenvalue weighted by molar-refractivity contribution is 0.198. The number of allylic oxidation sites excluding steroid dienone is 2. The highest BCUT2D eigenvalue weighted by Gasteiger charge is 2.13. The average molecular weight is 158 g/mol. The highest BCUT2D eigenvalue weighted by molar-refractivity contribution is 4.92. The van der Waals surface area contributed by atoms with Gasteiger partial charge < -0.3 is 0 Å². The van der Waals surface area contributed by atoms with E-state index in [9.17, 15) is 4.39 Å². The minimum atomic E-state index is -0.991. The molecule has 0 spiro atoms. The van der Waals surface area contributed by atoms with Crippen LogP contribution in [-0.2, 0) is 0 Å². The number of unbranched alkanes of at least 4 members (excludes halogenated alkanes) is 1. The molecule has 66 valence electrons. The monoisotopic (exact) mass is 158 g/mol. The number of alkyl halides is 1. The van der Waals surface area contributed by atoms with Crippen LogP contribution in [0.1, 0.15) is 47.0 Å². The molecule has 0 heterocycles. The van der Waals surface area contributed by atoms with Gasteiger partial charge >= 0.3 is 0 Å². The van der Waals surface area contributed by atoms with Crippen molar-refractivity contribution >= 4 is 0 Å². The molecular weight excluding hydrogens is 139 g/mol. The Hall–Kier alpha value is -0.330. The first kappa shape index (κ1) is 10.7. The van der Waals surface area contributed by atoms with Crippen LogP contribution in [-0.4, -0.2) is 5.67 Å². The molecule has 0 amide bonds. The summed E-state index contributed by atoms with van der Waals surface area (Å²) < 4.78 is 12.9. The SMILES string of the molecule is CC(C)=CCCCC(C)(C)F. The van der Waals surface area contributed by atoms with Crippen LogP contribution >= 0.6 is 0 Å². The Morgan fingerprint density at radius 3 is 2.27 bits per heavy atom. The summed E-state index contributed by atoms with van der Waals surface area (Å²) in [6.07, 6.45) is 4.78. The number of hydrogen-bond donors (Lipinski definition) is 0. The molecule has 0 saturated carbocycles. The van der Waals surface area contributed by atoms with Crippen LogP contribution in [0.25, 0.3) is 0 Å². The molecule has 0 aromatic heterocycles. The van der Waals surface area contributed by atoms with Gasteiger partial charge in [0.15, 0.2) is 0 Å². The fourth-order valence-electron chi connectivity index (χ4n) is 0.913. The van der Waals surface area contributed by atoms with Gasteiger partial charge in [0.1, 0.15) is 5.67 Å². The Labute approximate surface area is 69.5 Å². The van der Waals surface area contributed by atoms with Gasteiger partial charge in [0.2, 0.25) is 0 Å². The third-order valence-electron chi connectivity index (χ3n) is 1.53. The van der Waals surface area contributed by atoms with Gasteiger partial charge in [-0.05, 0) is 47.0 Å².